The monoisotopic (exact) mass is 236 g/mol. The number of aromatic nitrogens is 1. The number of hydrogen-bond acceptors (Lipinski definition) is 5. The van der Waals surface area contributed by atoms with Crippen LogP contribution >= 0.6 is 0 Å². The molecule has 0 amide bonds. The molecule has 0 radical (unpaired) electrons. The lowest BCUT2D eigenvalue weighted by Gasteiger charge is -2.07. The first kappa shape index (κ1) is 11.6. The van der Waals surface area contributed by atoms with Gasteiger partial charge in [-0.15, -0.1) is 0 Å². The summed E-state index contributed by atoms with van der Waals surface area (Å²) >= 11 is 0. The first-order valence-electron chi connectivity index (χ1n) is 5.55. The summed E-state index contributed by atoms with van der Waals surface area (Å²) in [6, 6.07) is 2.81. The molecule has 1 atom stereocenters. The maximum absolute atomic E-state index is 10.8. The van der Waals surface area contributed by atoms with E-state index in [9.17, 15) is 10.1 Å². The molecule has 1 fully saturated rings. The third-order valence-electron chi connectivity index (χ3n) is 3.33. The van der Waals surface area contributed by atoms with Gasteiger partial charge in [-0.05, 0) is 23.8 Å². The Morgan fingerprint density at radius 2 is 2.29 bits per heavy atom. The average Bonchev–Trinajstić information content (AvgIpc) is 2.83. The maximum Gasteiger partial charge on any atom is 0.311 e. The van der Waals surface area contributed by atoms with Crippen molar-refractivity contribution < 1.29 is 4.92 Å². The van der Waals surface area contributed by atoms with Gasteiger partial charge in [-0.3, -0.25) is 10.1 Å². The number of rotatable bonds is 4. The molecule has 0 bridgehead atoms. The minimum atomic E-state index is -0.452. The van der Waals surface area contributed by atoms with E-state index in [1.54, 1.807) is 0 Å². The van der Waals surface area contributed by atoms with Crippen molar-refractivity contribution in [1.29, 1.82) is 0 Å². The van der Waals surface area contributed by atoms with Crippen LogP contribution in [-0.4, -0.2) is 16.5 Å². The SMILES string of the molecule is CC1(C)CC1CNc1nc(N)ccc1[N+](=O)[O-]. The van der Waals surface area contributed by atoms with Gasteiger partial charge >= 0.3 is 5.69 Å². The van der Waals surface area contributed by atoms with Gasteiger partial charge in [-0.2, -0.15) is 0 Å². The highest BCUT2D eigenvalue weighted by Gasteiger charge is 2.45. The first-order chi connectivity index (χ1) is 7.90. The van der Waals surface area contributed by atoms with E-state index in [1.165, 1.54) is 12.1 Å². The van der Waals surface area contributed by atoms with Crippen LogP contribution in [0.3, 0.4) is 0 Å². The van der Waals surface area contributed by atoms with Crippen LogP contribution in [0.1, 0.15) is 20.3 Å². The zero-order valence-corrected chi connectivity index (χ0v) is 9.93. The predicted molar refractivity (Wildman–Crippen MR) is 65.7 cm³/mol. The normalized spacial score (nSPS) is 20.9. The molecule has 92 valence electrons. The van der Waals surface area contributed by atoms with Crippen molar-refractivity contribution >= 4 is 17.3 Å². The Kier molecular flexibility index (Phi) is 2.65. The number of nitrogen functional groups attached to an aromatic ring is 1. The summed E-state index contributed by atoms with van der Waals surface area (Å²) in [5.74, 6) is 1.09. The van der Waals surface area contributed by atoms with Crippen LogP contribution < -0.4 is 11.1 Å². The van der Waals surface area contributed by atoms with Gasteiger partial charge in [0, 0.05) is 12.6 Å². The molecule has 1 unspecified atom stereocenters. The average molecular weight is 236 g/mol. The van der Waals surface area contributed by atoms with Gasteiger partial charge in [0.1, 0.15) is 5.82 Å². The van der Waals surface area contributed by atoms with E-state index >= 15 is 0 Å². The van der Waals surface area contributed by atoms with Gasteiger partial charge in [0.05, 0.1) is 4.92 Å². The summed E-state index contributed by atoms with van der Waals surface area (Å²) in [5, 5.41) is 13.8. The fourth-order valence-electron chi connectivity index (χ4n) is 1.89. The predicted octanol–water partition coefficient (Wildman–Crippen LogP) is 2.03. The van der Waals surface area contributed by atoms with Crippen molar-refractivity contribution in [3.8, 4) is 0 Å². The Balaban J connectivity index is 2.09. The molecule has 0 spiro atoms. The molecular formula is C11H16N4O2. The third-order valence-corrected chi connectivity index (χ3v) is 3.33. The number of nitrogens with zero attached hydrogens (tertiary/aromatic N) is 2. The van der Waals surface area contributed by atoms with Crippen molar-refractivity contribution in [3.05, 3.63) is 22.2 Å². The van der Waals surface area contributed by atoms with E-state index in [2.05, 4.69) is 24.1 Å². The molecule has 1 aromatic rings. The molecule has 17 heavy (non-hydrogen) atoms. The summed E-state index contributed by atoms with van der Waals surface area (Å²) in [5.41, 5.74) is 5.83. The Bertz CT molecular complexity index is 459. The third kappa shape index (κ3) is 2.46. The quantitative estimate of drug-likeness (QED) is 0.616. The lowest BCUT2D eigenvalue weighted by Crippen LogP contribution is -2.10. The molecule has 0 saturated heterocycles. The summed E-state index contributed by atoms with van der Waals surface area (Å²) in [7, 11) is 0. The molecule has 1 saturated carbocycles. The highest BCUT2D eigenvalue weighted by Crippen LogP contribution is 2.51. The van der Waals surface area contributed by atoms with Crippen molar-refractivity contribution in [1.82, 2.24) is 4.98 Å². The van der Waals surface area contributed by atoms with Crippen LogP contribution in [0, 0.1) is 21.4 Å². The summed E-state index contributed by atoms with van der Waals surface area (Å²) in [4.78, 5) is 14.3. The molecule has 1 aromatic heterocycles. The number of nitrogens with two attached hydrogens (primary N) is 1. The first-order valence-corrected chi connectivity index (χ1v) is 5.55. The van der Waals surface area contributed by atoms with Gasteiger partial charge in [-0.25, -0.2) is 4.98 Å². The van der Waals surface area contributed by atoms with Gasteiger partial charge < -0.3 is 11.1 Å². The van der Waals surface area contributed by atoms with Crippen LogP contribution in [0.15, 0.2) is 12.1 Å². The molecule has 6 heteroatoms. The molecule has 0 aliphatic heterocycles. The maximum atomic E-state index is 10.8. The Hall–Kier alpha value is -1.85. The Morgan fingerprint density at radius 1 is 1.65 bits per heavy atom. The van der Waals surface area contributed by atoms with Gasteiger partial charge in [-0.1, -0.05) is 13.8 Å². The second kappa shape index (κ2) is 3.87. The van der Waals surface area contributed by atoms with Crippen molar-refractivity contribution in [3.63, 3.8) is 0 Å². The molecule has 2 rings (SSSR count). The molecule has 1 heterocycles. The molecule has 1 aliphatic rings. The van der Waals surface area contributed by atoms with Crippen molar-refractivity contribution in [2.75, 3.05) is 17.6 Å². The van der Waals surface area contributed by atoms with E-state index in [0.29, 0.717) is 17.9 Å². The lowest BCUT2D eigenvalue weighted by molar-refractivity contribution is -0.384. The number of nitro groups is 1. The minimum Gasteiger partial charge on any atom is -0.384 e. The van der Waals surface area contributed by atoms with Crippen molar-refractivity contribution in [2.24, 2.45) is 11.3 Å². The number of nitrogens with one attached hydrogen (secondary N) is 1. The second-order valence-electron chi connectivity index (χ2n) is 5.13. The number of pyridine rings is 1. The standard InChI is InChI=1S/C11H16N4O2/c1-11(2)5-7(11)6-13-10-8(15(16)17)3-4-9(12)14-10/h3-4,7H,5-6H2,1-2H3,(H3,12,13,14). The Labute approximate surface area is 99.4 Å². The number of anilines is 2. The molecule has 3 N–H and O–H groups in total. The minimum absolute atomic E-state index is 0.0299. The van der Waals surface area contributed by atoms with Gasteiger partial charge in [0.2, 0.25) is 5.82 Å². The fraction of sp³-hybridized carbons (Fsp3) is 0.545. The van der Waals surface area contributed by atoms with E-state index in [4.69, 9.17) is 5.73 Å². The zero-order valence-electron chi connectivity index (χ0n) is 9.93. The van der Waals surface area contributed by atoms with Crippen LogP contribution in [0.2, 0.25) is 0 Å². The van der Waals surface area contributed by atoms with Crippen molar-refractivity contribution in [2.45, 2.75) is 20.3 Å². The zero-order chi connectivity index (χ0) is 12.6. The van der Waals surface area contributed by atoms with E-state index in [0.717, 1.165) is 6.42 Å². The largest absolute Gasteiger partial charge is 0.384 e. The summed E-state index contributed by atoms with van der Waals surface area (Å²) in [6.07, 6.45) is 1.14. The van der Waals surface area contributed by atoms with Crippen LogP contribution in [0.5, 0.6) is 0 Å². The van der Waals surface area contributed by atoms with Crippen LogP contribution in [0.25, 0.3) is 0 Å². The number of hydrogen-bond donors (Lipinski definition) is 2. The van der Waals surface area contributed by atoms with Crippen LogP contribution in [0.4, 0.5) is 17.3 Å². The van der Waals surface area contributed by atoms with Crippen LogP contribution in [-0.2, 0) is 0 Å². The summed E-state index contributed by atoms with van der Waals surface area (Å²) < 4.78 is 0. The molecule has 0 aromatic carbocycles. The highest BCUT2D eigenvalue weighted by atomic mass is 16.6. The van der Waals surface area contributed by atoms with E-state index < -0.39 is 4.92 Å². The van der Waals surface area contributed by atoms with Gasteiger partial charge in [0.25, 0.3) is 0 Å². The Morgan fingerprint density at radius 3 is 2.82 bits per heavy atom. The lowest BCUT2D eigenvalue weighted by atomic mass is 10.1. The smallest absolute Gasteiger partial charge is 0.311 e. The molecule has 6 nitrogen and oxygen atoms in total. The van der Waals surface area contributed by atoms with E-state index in [1.807, 2.05) is 0 Å². The van der Waals surface area contributed by atoms with Gasteiger partial charge in [0.15, 0.2) is 0 Å². The van der Waals surface area contributed by atoms with E-state index in [-0.39, 0.29) is 17.3 Å². The molecular weight excluding hydrogens is 220 g/mol. The summed E-state index contributed by atoms with van der Waals surface area (Å²) in [6.45, 7) is 5.06. The topological polar surface area (TPSA) is 94.1 Å². The fourth-order valence-corrected chi connectivity index (χ4v) is 1.89. The molecule has 1 aliphatic carbocycles. The highest BCUT2D eigenvalue weighted by molar-refractivity contribution is 5.59. The second-order valence-corrected chi connectivity index (χ2v) is 5.13.